The minimum atomic E-state index is -0.191. The van der Waals surface area contributed by atoms with Crippen LogP contribution in [0.25, 0.3) is 11.4 Å². The van der Waals surface area contributed by atoms with Gasteiger partial charge in [0.05, 0.1) is 0 Å². The first-order valence-electron chi connectivity index (χ1n) is 7.00. The van der Waals surface area contributed by atoms with Gasteiger partial charge in [-0.05, 0) is 35.5 Å². The van der Waals surface area contributed by atoms with Crippen LogP contribution in [0.2, 0.25) is 0 Å². The molecule has 0 saturated carbocycles. The van der Waals surface area contributed by atoms with Crippen molar-refractivity contribution in [2.45, 2.75) is 13.5 Å². The first-order chi connectivity index (χ1) is 11.1. The molecule has 0 aliphatic carbocycles. The molecule has 0 aliphatic heterocycles. The van der Waals surface area contributed by atoms with E-state index in [4.69, 9.17) is 0 Å². The molecule has 0 saturated heterocycles. The lowest BCUT2D eigenvalue weighted by atomic mass is 10.1. The van der Waals surface area contributed by atoms with Crippen molar-refractivity contribution in [3.05, 3.63) is 58.6 Å². The van der Waals surface area contributed by atoms with E-state index in [1.807, 2.05) is 55.5 Å². The lowest BCUT2D eigenvalue weighted by Gasteiger charge is -2.07. The van der Waals surface area contributed by atoms with Crippen molar-refractivity contribution in [3.63, 3.8) is 0 Å². The predicted molar refractivity (Wildman–Crippen MR) is 90.8 cm³/mol. The van der Waals surface area contributed by atoms with Crippen LogP contribution in [-0.4, -0.2) is 26.1 Å². The highest BCUT2D eigenvalue weighted by molar-refractivity contribution is 9.10. The topological polar surface area (TPSA) is 72.7 Å². The van der Waals surface area contributed by atoms with E-state index in [9.17, 15) is 4.79 Å². The third-order valence-electron chi connectivity index (χ3n) is 3.24. The Morgan fingerprint density at radius 1 is 1.22 bits per heavy atom. The molecule has 1 amide bonds. The van der Waals surface area contributed by atoms with Gasteiger partial charge >= 0.3 is 0 Å². The van der Waals surface area contributed by atoms with Gasteiger partial charge in [0.2, 0.25) is 5.91 Å². The number of carbonyl (C=O) groups excluding carboxylic acids is 1. The zero-order valence-electron chi connectivity index (χ0n) is 12.4. The first kappa shape index (κ1) is 15.4. The van der Waals surface area contributed by atoms with Gasteiger partial charge in [0.1, 0.15) is 6.54 Å². The number of anilines is 1. The van der Waals surface area contributed by atoms with Gasteiger partial charge in [0.15, 0.2) is 5.82 Å². The van der Waals surface area contributed by atoms with Gasteiger partial charge in [-0.2, -0.15) is 0 Å². The van der Waals surface area contributed by atoms with Gasteiger partial charge in [0, 0.05) is 15.7 Å². The van der Waals surface area contributed by atoms with Gasteiger partial charge < -0.3 is 5.32 Å². The van der Waals surface area contributed by atoms with E-state index in [1.54, 1.807) is 0 Å². The van der Waals surface area contributed by atoms with Crippen molar-refractivity contribution in [2.24, 2.45) is 0 Å². The third kappa shape index (κ3) is 3.81. The maximum Gasteiger partial charge on any atom is 0.246 e. The number of nitrogens with one attached hydrogen (secondary N) is 1. The summed E-state index contributed by atoms with van der Waals surface area (Å²) in [6, 6.07) is 15.2. The quantitative estimate of drug-likeness (QED) is 0.764. The maximum atomic E-state index is 12.2. The highest BCUT2D eigenvalue weighted by Gasteiger charge is 2.12. The first-order valence-corrected chi connectivity index (χ1v) is 7.80. The number of halogens is 1. The second kappa shape index (κ2) is 6.70. The summed E-state index contributed by atoms with van der Waals surface area (Å²) < 4.78 is 2.39. The van der Waals surface area contributed by atoms with E-state index in [0.29, 0.717) is 11.5 Å². The molecule has 0 fully saturated rings. The molecule has 1 aromatic heterocycles. The Hall–Kier alpha value is -2.54. The summed E-state index contributed by atoms with van der Waals surface area (Å²) in [5.74, 6) is 0.373. The van der Waals surface area contributed by atoms with Crippen LogP contribution in [0.1, 0.15) is 5.56 Å². The van der Waals surface area contributed by atoms with Crippen LogP contribution in [0.3, 0.4) is 0 Å². The van der Waals surface area contributed by atoms with Crippen LogP contribution in [0, 0.1) is 6.92 Å². The summed E-state index contributed by atoms with van der Waals surface area (Å²) >= 11 is 3.37. The molecule has 0 spiro atoms. The van der Waals surface area contributed by atoms with Crippen molar-refractivity contribution in [1.82, 2.24) is 20.2 Å². The van der Waals surface area contributed by atoms with Crippen molar-refractivity contribution in [1.29, 1.82) is 0 Å². The Balaban J connectivity index is 1.75. The number of rotatable bonds is 4. The average molecular weight is 372 g/mol. The number of hydrogen-bond donors (Lipinski definition) is 1. The highest BCUT2D eigenvalue weighted by Crippen LogP contribution is 2.17. The maximum absolute atomic E-state index is 12.2. The molecule has 23 heavy (non-hydrogen) atoms. The third-order valence-corrected chi connectivity index (χ3v) is 3.74. The Labute approximate surface area is 141 Å². The van der Waals surface area contributed by atoms with Crippen molar-refractivity contribution in [2.75, 3.05) is 5.32 Å². The fourth-order valence-electron chi connectivity index (χ4n) is 2.12. The van der Waals surface area contributed by atoms with E-state index in [2.05, 4.69) is 36.8 Å². The van der Waals surface area contributed by atoms with Gasteiger partial charge in [0.25, 0.3) is 0 Å². The summed E-state index contributed by atoms with van der Waals surface area (Å²) in [6.45, 7) is 2.06. The molecule has 3 aromatic rings. The van der Waals surface area contributed by atoms with E-state index in [0.717, 1.165) is 15.6 Å². The summed E-state index contributed by atoms with van der Waals surface area (Å²) in [5, 5.41) is 14.4. The van der Waals surface area contributed by atoms with Gasteiger partial charge in [-0.25, -0.2) is 4.68 Å². The molecule has 2 aromatic carbocycles. The lowest BCUT2D eigenvalue weighted by molar-refractivity contribution is -0.116. The molecule has 116 valence electrons. The monoisotopic (exact) mass is 371 g/mol. The molecule has 0 radical (unpaired) electrons. The van der Waals surface area contributed by atoms with Crippen molar-refractivity contribution >= 4 is 27.5 Å². The molecule has 0 bridgehead atoms. The van der Waals surface area contributed by atoms with Crippen LogP contribution in [0.15, 0.2) is 53.0 Å². The Bertz CT molecular complexity index is 828. The minimum Gasteiger partial charge on any atom is -0.324 e. The van der Waals surface area contributed by atoms with Crippen molar-refractivity contribution in [3.8, 4) is 11.4 Å². The van der Waals surface area contributed by atoms with Gasteiger partial charge in [-0.1, -0.05) is 51.8 Å². The lowest BCUT2D eigenvalue weighted by Crippen LogP contribution is -2.20. The fraction of sp³-hybridized carbons (Fsp3) is 0.125. The van der Waals surface area contributed by atoms with E-state index >= 15 is 0 Å². The number of amides is 1. The standard InChI is InChI=1S/C16H14BrN5O/c1-11-5-7-12(8-6-11)16-19-20-21-22(16)10-15(23)18-14-4-2-3-13(17)9-14/h2-9H,10H2,1H3,(H,18,23). The second-order valence-electron chi connectivity index (χ2n) is 5.08. The molecular weight excluding hydrogens is 358 g/mol. The van der Waals surface area contributed by atoms with Crippen molar-refractivity contribution < 1.29 is 4.79 Å². The molecule has 1 N–H and O–H groups in total. The summed E-state index contributed by atoms with van der Waals surface area (Å²) in [7, 11) is 0. The smallest absolute Gasteiger partial charge is 0.246 e. The molecular formula is C16H14BrN5O. The number of nitrogens with zero attached hydrogens (tertiary/aromatic N) is 4. The Morgan fingerprint density at radius 2 is 2.00 bits per heavy atom. The molecule has 0 unspecified atom stereocenters. The number of aromatic nitrogens is 4. The van der Waals surface area contributed by atoms with E-state index in [1.165, 1.54) is 4.68 Å². The number of hydrogen-bond acceptors (Lipinski definition) is 4. The molecule has 7 heteroatoms. The van der Waals surface area contributed by atoms with Crippen LogP contribution < -0.4 is 5.32 Å². The number of carbonyl (C=O) groups is 1. The number of aryl methyl sites for hydroxylation is 1. The van der Waals surface area contributed by atoms with E-state index < -0.39 is 0 Å². The molecule has 6 nitrogen and oxygen atoms in total. The zero-order chi connectivity index (χ0) is 16.2. The summed E-state index contributed by atoms with van der Waals surface area (Å²) in [4.78, 5) is 12.2. The molecule has 1 heterocycles. The SMILES string of the molecule is Cc1ccc(-c2nnnn2CC(=O)Nc2cccc(Br)c2)cc1. The zero-order valence-corrected chi connectivity index (χ0v) is 14.0. The normalized spacial score (nSPS) is 10.5. The van der Waals surface area contributed by atoms with Crippen LogP contribution in [0.5, 0.6) is 0 Å². The number of tetrazole rings is 1. The molecule has 3 rings (SSSR count). The van der Waals surface area contributed by atoms with E-state index in [-0.39, 0.29) is 12.5 Å². The van der Waals surface area contributed by atoms with Crippen LogP contribution >= 0.6 is 15.9 Å². The highest BCUT2D eigenvalue weighted by atomic mass is 79.9. The fourth-order valence-corrected chi connectivity index (χ4v) is 2.52. The van der Waals surface area contributed by atoms with Gasteiger partial charge in [-0.15, -0.1) is 5.10 Å². The Morgan fingerprint density at radius 3 is 2.74 bits per heavy atom. The molecule has 0 atom stereocenters. The van der Waals surface area contributed by atoms with Crippen LogP contribution in [-0.2, 0) is 11.3 Å². The number of benzene rings is 2. The Kier molecular flexibility index (Phi) is 4.47. The largest absolute Gasteiger partial charge is 0.324 e. The molecule has 0 aliphatic rings. The summed E-state index contributed by atoms with van der Waals surface area (Å²) in [5.41, 5.74) is 2.74. The summed E-state index contributed by atoms with van der Waals surface area (Å²) in [6.07, 6.45) is 0. The minimum absolute atomic E-state index is 0.0444. The van der Waals surface area contributed by atoms with Gasteiger partial charge in [-0.3, -0.25) is 4.79 Å². The average Bonchev–Trinajstić information content (AvgIpc) is 2.96. The van der Waals surface area contributed by atoms with Crippen LogP contribution in [0.4, 0.5) is 5.69 Å². The second-order valence-corrected chi connectivity index (χ2v) is 6.00. The predicted octanol–water partition coefficient (Wildman–Crippen LogP) is 3.05.